The van der Waals surface area contributed by atoms with Gasteiger partial charge in [-0.25, -0.2) is 0 Å². The molecule has 0 aliphatic carbocycles. The fraction of sp³-hybridized carbons (Fsp3) is 0.400. The van der Waals surface area contributed by atoms with Crippen LogP contribution in [0.4, 0.5) is 5.69 Å². The molecule has 2 rings (SSSR count). The maximum absolute atomic E-state index is 11.7. The van der Waals surface area contributed by atoms with E-state index in [-0.39, 0.29) is 11.9 Å². The molecule has 0 saturated carbocycles. The largest absolute Gasteiger partial charge is 0.469 e. The van der Waals surface area contributed by atoms with Gasteiger partial charge < -0.3 is 14.6 Å². The predicted octanol–water partition coefficient (Wildman–Crippen LogP) is 2.80. The lowest BCUT2D eigenvalue weighted by Gasteiger charge is -2.23. The number of nitrogens with zero attached hydrogens (tertiary/aromatic N) is 1. The summed E-state index contributed by atoms with van der Waals surface area (Å²) in [6.07, 6.45) is 2.76. The second-order valence-electron chi connectivity index (χ2n) is 4.73. The number of ether oxygens (including phenoxy) is 1. The molecule has 0 fully saturated rings. The van der Waals surface area contributed by atoms with Gasteiger partial charge in [0.1, 0.15) is 0 Å². The average Bonchev–Trinajstić information content (AvgIpc) is 2.87. The molecule has 1 aromatic carbocycles. The molecule has 1 heterocycles. The number of nitrogens with one attached hydrogen (secondary N) is 1. The highest BCUT2D eigenvalue weighted by atomic mass is 16.5. The van der Waals surface area contributed by atoms with Gasteiger partial charge in [0.15, 0.2) is 0 Å². The van der Waals surface area contributed by atoms with Gasteiger partial charge in [-0.3, -0.25) is 4.79 Å². The molecular weight excluding hydrogens is 240 g/mol. The number of carbonyl (C=O) groups is 1. The van der Waals surface area contributed by atoms with Crippen LogP contribution in [0.1, 0.15) is 13.3 Å². The number of anilines is 1. The molecule has 4 heteroatoms. The molecule has 19 heavy (non-hydrogen) atoms. The van der Waals surface area contributed by atoms with Crippen molar-refractivity contribution in [2.24, 2.45) is 5.92 Å². The quantitative estimate of drug-likeness (QED) is 0.841. The Labute approximate surface area is 113 Å². The maximum Gasteiger partial charge on any atom is 0.310 e. The van der Waals surface area contributed by atoms with Gasteiger partial charge in [0.05, 0.1) is 18.7 Å². The van der Waals surface area contributed by atoms with Crippen LogP contribution in [0.5, 0.6) is 0 Å². The Morgan fingerprint density at radius 3 is 2.84 bits per heavy atom. The Bertz CT molecular complexity index is 562. The number of para-hydroxylation sites is 1. The Morgan fingerprint density at radius 2 is 2.16 bits per heavy atom. The number of benzene rings is 1. The van der Waals surface area contributed by atoms with E-state index in [1.807, 2.05) is 38.4 Å². The summed E-state index contributed by atoms with van der Waals surface area (Å²) in [4.78, 5) is 17.0. The number of rotatable bonds is 5. The van der Waals surface area contributed by atoms with Crippen LogP contribution in [0.2, 0.25) is 0 Å². The van der Waals surface area contributed by atoms with Crippen LogP contribution in [-0.2, 0) is 9.53 Å². The van der Waals surface area contributed by atoms with Gasteiger partial charge in [-0.2, -0.15) is 0 Å². The highest BCUT2D eigenvalue weighted by molar-refractivity contribution is 5.92. The van der Waals surface area contributed by atoms with Crippen molar-refractivity contribution in [2.75, 3.05) is 25.6 Å². The molecule has 0 aliphatic heterocycles. The van der Waals surface area contributed by atoms with Gasteiger partial charge in [-0.05, 0) is 12.5 Å². The normalized spacial score (nSPS) is 12.4. The first-order chi connectivity index (χ1) is 9.17. The molecule has 0 aliphatic rings. The van der Waals surface area contributed by atoms with Gasteiger partial charge in [0.2, 0.25) is 0 Å². The van der Waals surface area contributed by atoms with Crippen LogP contribution >= 0.6 is 0 Å². The molecule has 1 N–H and O–H groups in total. The van der Waals surface area contributed by atoms with Crippen LogP contribution in [0.15, 0.2) is 30.5 Å². The third-order valence-electron chi connectivity index (χ3n) is 3.50. The van der Waals surface area contributed by atoms with E-state index in [1.54, 1.807) is 0 Å². The third kappa shape index (κ3) is 2.72. The van der Waals surface area contributed by atoms with E-state index in [0.717, 1.165) is 17.6 Å². The van der Waals surface area contributed by atoms with Crippen molar-refractivity contribution in [3.8, 4) is 0 Å². The summed E-state index contributed by atoms with van der Waals surface area (Å²) >= 11 is 0. The van der Waals surface area contributed by atoms with E-state index in [9.17, 15) is 4.79 Å². The van der Waals surface area contributed by atoms with Gasteiger partial charge in [0, 0.05) is 30.7 Å². The van der Waals surface area contributed by atoms with E-state index in [4.69, 9.17) is 4.74 Å². The molecule has 102 valence electrons. The minimum atomic E-state index is -0.144. The zero-order valence-electron chi connectivity index (χ0n) is 11.6. The summed E-state index contributed by atoms with van der Waals surface area (Å²) in [6.45, 7) is 2.66. The number of methoxy groups -OCH3 is 1. The number of hydrogen-bond acceptors (Lipinski definition) is 3. The van der Waals surface area contributed by atoms with Gasteiger partial charge in [-0.15, -0.1) is 0 Å². The maximum atomic E-state index is 11.7. The van der Waals surface area contributed by atoms with Crippen LogP contribution < -0.4 is 4.90 Å². The van der Waals surface area contributed by atoms with E-state index in [0.29, 0.717) is 6.54 Å². The van der Waals surface area contributed by atoms with Crippen molar-refractivity contribution in [1.29, 1.82) is 0 Å². The fourth-order valence-electron chi connectivity index (χ4n) is 2.34. The molecule has 1 aromatic heterocycles. The minimum absolute atomic E-state index is 0.0938. The first kappa shape index (κ1) is 13.5. The molecule has 2 aromatic rings. The molecule has 1 unspecified atom stereocenters. The molecule has 0 radical (unpaired) electrons. The predicted molar refractivity (Wildman–Crippen MR) is 77.4 cm³/mol. The number of aromatic nitrogens is 1. The van der Waals surface area contributed by atoms with Crippen molar-refractivity contribution in [3.63, 3.8) is 0 Å². The van der Waals surface area contributed by atoms with E-state index in [2.05, 4.69) is 16.0 Å². The number of esters is 1. The van der Waals surface area contributed by atoms with Crippen molar-refractivity contribution in [1.82, 2.24) is 4.98 Å². The van der Waals surface area contributed by atoms with E-state index >= 15 is 0 Å². The van der Waals surface area contributed by atoms with Crippen LogP contribution in [0.3, 0.4) is 0 Å². The number of carbonyl (C=O) groups excluding carboxylic acids is 1. The highest BCUT2D eigenvalue weighted by Gasteiger charge is 2.20. The number of H-pyrrole nitrogens is 1. The summed E-state index contributed by atoms with van der Waals surface area (Å²) in [5.41, 5.74) is 2.22. The Kier molecular flexibility index (Phi) is 4.10. The lowest BCUT2D eigenvalue weighted by atomic mass is 10.1. The highest BCUT2D eigenvalue weighted by Crippen LogP contribution is 2.26. The molecular formula is C15H20N2O2. The summed E-state index contributed by atoms with van der Waals surface area (Å²) in [7, 11) is 3.44. The van der Waals surface area contributed by atoms with Gasteiger partial charge in [0.25, 0.3) is 0 Å². The molecule has 0 bridgehead atoms. The van der Waals surface area contributed by atoms with Crippen molar-refractivity contribution in [3.05, 3.63) is 30.5 Å². The van der Waals surface area contributed by atoms with Crippen LogP contribution in [0, 0.1) is 5.92 Å². The van der Waals surface area contributed by atoms with Crippen LogP contribution in [0.25, 0.3) is 10.9 Å². The lowest BCUT2D eigenvalue weighted by Crippen LogP contribution is -2.30. The first-order valence-corrected chi connectivity index (χ1v) is 6.52. The number of aromatic amines is 1. The standard InChI is InChI=1S/C15H20N2O2/c1-4-11(15(18)19-3)10-17(2)14-9-16-13-8-6-5-7-12(13)14/h5-9,11,16H,4,10H2,1-3H3. The van der Waals surface area contributed by atoms with Crippen molar-refractivity contribution in [2.45, 2.75) is 13.3 Å². The zero-order chi connectivity index (χ0) is 13.8. The molecule has 0 spiro atoms. The van der Waals surface area contributed by atoms with E-state index < -0.39 is 0 Å². The number of fused-ring (bicyclic) bond motifs is 1. The van der Waals surface area contributed by atoms with Crippen molar-refractivity contribution >= 4 is 22.6 Å². The summed E-state index contributed by atoms with van der Waals surface area (Å²) in [6, 6.07) is 8.15. The fourth-order valence-corrected chi connectivity index (χ4v) is 2.34. The smallest absolute Gasteiger partial charge is 0.310 e. The van der Waals surface area contributed by atoms with Crippen LogP contribution in [-0.4, -0.2) is 31.7 Å². The van der Waals surface area contributed by atoms with Gasteiger partial charge >= 0.3 is 5.97 Å². The molecule has 4 nitrogen and oxygen atoms in total. The topological polar surface area (TPSA) is 45.3 Å². The average molecular weight is 260 g/mol. The lowest BCUT2D eigenvalue weighted by molar-refractivity contribution is -0.145. The second-order valence-corrected chi connectivity index (χ2v) is 4.73. The molecule has 0 saturated heterocycles. The first-order valence-electron chi connectivity index (χ1n) is 6.52. The summed E-state index contributed by atoms with van der Waals surface area (Å²) in [5, 5.41) is 1.17. The van der Waals surface area contributed by atoms with E-state index in [1.165, 1.54) is 12.5 Å². The molecule has 0 amide bonds. The Balaban J connectivity index is 2.19. The summed E-state index contributed by atoms with van der Waals surface area (Å²) < 4.78 is 4.84. The zero-order valence-corrected chi connectivity index (χ0v) is 11.6. The monoisotopic (exact) mass is 260 g/mol. The second kappa shape index (κ2) is 5.78. The minimum Gasteiger partial charge on any atom is -0.469 e. The Hall–Kier alpha value is -1.97. The van der Waals surface area contributed by atoms with Crippen molar-refractivity contribution < 1.29 is 9.53 Å². The SMILES string of the molecule is CCC(CN(C)c1c[nH]c2ccccc12)C(=O)OC. The Morgan fingerprint density at radius 1 is 1.42 bits per heavy atom. The molecule has 1 atom stereocenters. The van der Waals surface area contributed by atoms with Gasteiger partial charge in [-0.1, -0.05) is 25.1 Å². The third-order valence-corrected chi connectivity index (χ3v) is 3.50. The number of hydrogen-bond donors (Lipinski definition) is 1. The summed E-state index contributed by atoms with van der Waals surface area (Å²) in [5.74, 6) is -0.238.